The first kappa shape index (κ1) is 13.6. The minimum Gasteiger partial charge on any atom is -0.468 e. The van der Waals surface area contributed by atoms with Crippen LogP contribution in [0.4, 0.5) is 4.39 Å². The molecule has 0 heterocycles. The second kappa shape index (κ2) is 6.98. The third-order valence-corrected chi connectivity index (χ3v) is 2.29. The molecule has 17 heavy (non-hydrogen) atoms. The number of carbonyl (C=O) groups is 1. The molecule has 0 aliphatic heterocycles. The number of benzene rings is 1. The molecule has 0 spiro atoms. The third kappa shape index (κ3) is 4.13. The summed E-state index contributed by atoms with van der Waals surface area (Å²) in [5.41, 5.74) is 0.661. The van der Waals surface area contributed by atoms with Crippen molar-refractivity contribution in [2.75, 3.05) is 27.4 Å². The number of ether oxygens (including phenoxy) is 2. The first-order chi connectivity index (χ1) is 8.19. The lowest BCUT2D eigenvalue weighted by Crippen LogP contribution is -2.32. The molecule has 1 aromatic rings. The Labute approximate surface area is 99.7 Å². The van der Waals surface area contributed by atoms with Gasteiger partial charge in [0.05, 0.1) is 13.7 Å². The van der Waals surface area contributed by atoms with Crippen LogP contribution < -0.4 is 5.32 Å². The van der Waals surface area contributed by atoms with Crippen LogP contribution >= 0.6 is 0 Å². The molecule has 0 aromatic heterocycles. The van der Waals surface area contributed by atoms with Gasteiger partial charge in [-0.2, -0.15) is 0 Å². The number of halogens is 1. The predicted octanol–water partition coefficient (Wildman–Crippen LogP) is 1.28. The Balaban J connectivity index is 2.74. The Morgan fingerprint density at radius 3 is 2.53 bits per heavy atom. The average molecular weight is 241 g/mol. The van der Waals surface area contributed by atoms with Crippen molar-refractivity contribution in [2.24, 2.45) is 0 Å². The van der Waals surface area contributed by atoms with Crippen molar-refractivity contribution < 1.29 is 18.7 Å². The highest BCUT2D eigenvalue weighted by Gasteiger charge is 2.20. The van der Waals surface area contributed by atoms with Gasteiger partial charge in [-0.25, -0.2) is 9.18 Å². The zero-order chi connectivity index (χ0) is 12.7. The molecule has 1 N–H and O–H groups in total. The maximum atomic E-state index is 12.8. The van der Waals surface area contributed by atoms with E-state index in [9.17, 15) is 9.18 Å². The maximum absolute atomic E-state index is 12.8. The zero-order valence-corrected chi connectivity index (χ0v) is 9.90. The number of nitrogens with one attached hydrogen (secondary N) is 1. The molecule has 0 radical (unpaired) electrons. The van der Waals surface area contributed by atoms with Gasteiger partial charge in [-0.15, -0.1) is 0 Å². The number of hydrogen-bond acceptors (Lipinski definition) is 4. The first-order valence-corrected chi connectivity index (χ1v) is 5.24. The van der Waals surface area contributed by atoms with Crippen LogP contribution in [0, 0.1) is 5.82 Å². The van der Waals surface area contributed by atoms with E-state index in [1.165, 1.54) is 19.2 Å². The smallest absolute Gasteiger partial charge is 0.327 e. The molecule has 0 amide bonds. The Morgan fingerprint density at radius 1 is 1.35 bits per heavy atom. The summed E-state index contributed by atoms with van der Waals surface area (Å²) in [6.07, 6.45) is 0. The van der Waals surface area contributed by atoms with Crippen LogP contribution in [0.1, 0.15) is 11.6 Å². The molecule has 5 heteroatoms. The normalized spacial score (nSPS) is 12.2. The van der Waals surface area contributed by atoms with Gasteiger partial charge in [-0.05, 0) is 17.7 Å². The molecule has 0 aliphatic rings. The minimum atomic E-state index is -0.601. The monoisotopic (exact) mass is 241 g/mol. The largest absolute Gasteiger partial charge is 0.468 e. The van der Waals surface area contributed by atoms with Gasteiger partial charge in [0.15, 0.2) is 0 Å². The topological polar surface area (TPSA) is 47.6 Å². The quantitative estimate of drug-likeness (QED) is 0.602. The lowest BCUT2D eigenvalue weighted by molar-refractivity contribution is -0.143. The summed E-state index contributed by atoms with van der Waals surface area (Å²) in [4.78, 5) is 11.6. The summed E-state index contributed by atoms with van der Waals surface area (Å²) in [6.45, 7) is 0.988. The Hall–Kier alpha value is -1.46. The lowest BCUT2D eigenvalue weighted by Gasteiger charge is -2.16. The van der Waals surface area contributed by atoms with Crippen LogP contribution in [-0.2, 0) is 14.3 Å². The summed E-state index contributed by atoms with van der Waals surface area (Å²) >= 11 is 0. The molecule has 0 saturated heterocycles. The molecular formula is C12H16FNO3. The van der Waals surface area contributed by atoms with E-state index < -0.39 is 12.0 Å². The lowest BCUT2D eigenvalue weighted by atomic mass is 10.1. The predicted molar refractivity (Wildman–Crippen MR) is 61.0 cm³/mol. The van der Waals surface area contributed by atoms with Crippen molar-refractivity contribution in [2.45, 2.75) is 6.04 Å². The van der Waals surface area contributed by atoms with E-state index in [0.717, 1.165) is 0 Å². The van der Waals surface area contributed by atoms with Crippen molar-refractivity contribution in [3.05, 3.63) is 35.6 Å². The molecule has 1 atom stereocenters. The second-order valence-corrected chi connectivity index (χ2v) is 3.45. The van der Waals surface area contributed by atoms with Gasteiger partial charge in [0.1, 0.15) is 11.9 Å². The summed E-state index contributed by atoms with van der Waals surface area (Å²) in [7, 11) is 2.89. The molecule has 4 nitrogen and oxygen atoms in total. The van der Waals surface area contributed by atoms with Crippen molar-refractivity contribution in [3.63, 3.8) is 0 Å². The summed E-state index contributed by atoms with van der Waals surface area (Å²) in [5.74, 6) is -0.748. The molecule has 94 valence electrons. The third-order valence-electron chi connectivity index (χ3n) is 2.29. The van der Waals surface area contributed by atoms with Gasteiger partial charge in [-0.3, -0.25) is 5.32 Å². The molecule has 0 saturated carbocycles. The average Bonchev–Trinajstić information content (AvgIpc) is 2.35. The summed E-state index contributed by atoms with van der Waals surface area (Å²) in [6, 6.07) is 5.12. The van der Waals surface area contributed by atoms with Gasteiger partial charge >= 0.3 is 5.97 Å². The van der Waals surface area contributed by atoms with Crippen LogP contribution in [0.2, 0.25) is 0 Å². The van der Waals surface area contributed by atoms with E-state index in [0.29, 0.717) is 18.7 Å². The minimum absolute atomic E-state index is 0.339. The highest BCUT2D eigenvalue weighted by atomic mass is 19.1. The van der Waals surface area contributed by atoms with Gasteiger partial charge in [0, 0.05) is 13.7 Å². The van der Waals surface area contributed by atoms with E-state index in [4.69, 9.17) is 9.47 Å². The second-order valence-electron chi connectivity index (χ2n) is 3.45. The standard InChI is InChI=1S/C12H16FNO3/c1-16-8-7-14-11(12(15)17-2)9-3-5-10(13)6-4-9/h3-6,11,14H,7-8H2,1-2H3. The van der Waals surface area contributed by atoms with Crippen LogP contribution in [0.5, 0.6) is 0 Å². The van der Waals surface area contributed by atoms with Crippen molar-refractivity contribution in [1.82, 2.24) is 5.32 Å². The Morgan fingerprint density at radius 2 is 2.00 bits per heavy atom. The molecular weight excluding hydrogens is 225 g/mol. The molecule has 1 aromatic carbocycles. The van der Waals surface area contributed by atoms with E-state index in [2.05, 4.69) is 5.32 Å². The first-order valence-electron chi connectivity index (χ1n) is 5.24. The van der Waals surface area contributed by atoms with Crippen LogP contribution in [0.15, 0.2) is 24.3 Å². The van der Waals surface area contributed by atoms with Crippen molar-refractivity contribution in [3.8, 4) is 0 Å². The molecule has 1 unspecified atom stereocenters. The Bertz CT molecular complexity index is 353. The van der Waals surface area contributed by atoms with Gasteiger partial charge in [0.2, 0.25) is 0 Å². The van der Waals surface area contributed by atoms with Gasteiger partial charge in [-0.1, -0.05) is 12.1 Å². The van der Waals surface area contributed by atoms with Crippen LogP contribution in [-0.4, -0.2) is 33.3 Å². The molecule has 0 bridgehead atoms. The maximum Gasteiger partial charge on any atom is 0.327 e. The van der Waals surface area contributed by atoms with Gasteiger partial charge in [0.25, 0.3) is 0 Å². The fraction of sp³-hybridized carbons (Fsp3) is 0.417. The van der Waals surface area contributed by atoms with E-state index in [-0.39, 0.29) is 5.82 Å². The fourth-order valence-corrected chi connectivity index (χ4v) is 1.42. The summed E-state index contributed by atoms with van der Waals surface area (Å²) in [5, 5.41) is 2.99. The van der Waals surface area contributed by atoms with E-state index >= 15 is 0 Å². The molecule has 0 aliphatic carbocycles. The zero-order valence-electron chi connectivity index (χ0n) is 9.90. The molecule has 1 rings (SSSR count). The van der Waals surface area contributed by atoms with Crippen molar-refractivity contribution >= 4 is 5.97 Å². The number of methoxy groups -OCH3 is 2. The van der Waals surface area contributed by atoms with Gasteiger partial charge < -0.3 is 9.47 Å². The highest BCUT2D eigenvalue weighted by molar-refractivity contribution is 5.77. The van der Waals surface area contributed by atoms with E-state index in [1.807, 2.05) is 0 Å². The molecule has 0 fully saturated rings. The van der Waals surface area contributed by atoms with Crippen molar-refractivity contribution in [1.29, 1.82) is 0 Å². The number of carbonyl (C=O) groups excluding carboxylic acids is 1. The fourth-order valence-electron chi connectivity index (χ4n) is 1.42. The van der Waals surface area contributed by atoms with Crippen LogP contribution in [0.25, 0.3) is 0 Å². The number of rotatable bonds is 6. The summed E-state index contributed by atoms with van der Waals surface area (Å²) < 4.78 is 22.4. The van der Waals surface area contributed by atoms with Crippen LogP contribution in [0.3, 0.4) is 0 Å². The number of esters is 1. The highest BCUT2D eigenvalue weighted by Crippen LogP contribution is 2.14. The number of hydrogen-bond donors (Lipinski definition) is 1. The SMILES string of the molecule is COCCNC(C(=O)OC)c1ccc(F)cc1. The Kier molecular flexibility index (Phi) is 5.59. The van der Waals surface area contributed by atoms with E-state index in [1.54, 1.807) is 19.2 Å².